The Kier molecular flexibility index (Phi) is 6.49. The van der Waals surface area contributed by atoms with Gasteiger partial charge in [0, 0.05) is 24.5 Å². The highest BCUT2D eigenvalue weighted by molar-refractivity contribution is 7.90. The average Bonchev–Trinajstić information content (AvgIpc) is 3.44. The van der Waals surface area contributed by atoms with Crippen LogP contribution in [0.5, 0.6) is 17.2 Å². The summed E-state index contributed by atoms with van der Waals surface area (Å²) in [4.78, 5) is 17.4. The predicted octanol–water partition coefficient (Wildman–Crippen LogP) is 3.87. The molecule has 0 spiro atoms. The van der Waals surface area contributed by atoms with Gasteiger partial charge in [-0.1, -0.05) is 12.1 Å². The number of sulfone groups is 1. The molecule has 2 aromatic carbocycles. The monoisotopic (exact) mass is 502 g/mol. The molecule has 0 fully saturated rings. The molecule has 4 rings (SSSR count). The summed E-state index contributed by atoms with van der Waals surface area (Å²) in [5.74, 6) is 0.937. The highest BCUT2D eigenvalue weighted by Crippen LogP contribution is 2.37. The van der Waals surface area contributed by atoms with Gasteiger partial charge < -0.3 is 18.9 Å². The van der Waals surface area contributed by atoms with E-state index in [0.29, 0.717) is 32.6 Å². The van der Waals surface area contributed by atoms with Gasteiger partial charge in [0.2, 0.25) is 0 Å². The second kappa shape index (κ2) is 9.35. The first-order chi connectivity index (χ1) is 16.2. The average molecular weight is 503 g/mol. The number of rotatable bonds is 8. The van der Waals surface area contributed by atoms with Crippen LogP contribution in [0.4, 0.5) is 0 Å². The Labute approximate surface area is 200 Å². The minimum absolute atomic E-state index is 0.139. The van der Waals surface area contributed by atoms with Crippen molar-refractivity contribution in [1.29, 1.82) is 0 Å². The first-order valence-corrected chi connectivity index (χ1v) is 12.7. The van der Waals surface area contributed by atoms with E-state index in [9.17, 15) is 13.2 Å². The molecule has 11 heteroatoms. The molecule has 0 saturated heterocycles. The SMILES string of the molecule is COC(=O)c1sc(-n2cnc3cc(OC)c(OC)cc32)cc1OCc1ccc(S(C)(=O)=O)cc1. The summed E-state index contributed by atoms with van der Waals surface area (Å²) >= 11 is 1.20. The molecule has 0 aliphatic carbocycles. The lowest BCUT2D eigenvalue weighted by Gasteiger charge is -2.08. The Morgan fingerprint density at radius 3 is 2.29 bits per heavy atom. The van der Waals surface area contributed by atoms with Crippen LogP contribution in [0, 0.1) is 0 Å². The number of nitrogens with zero attached hydrogens (tertiary/aromatic N) is 2. The summed E-state index contributed by atoms with van der Waals surface area (Å²) in [6.07, 6.45) is 2.80. The molecule has 0 unspecified atom stereocenters. The zero-order chi connectivity index (χ0) is 24.5. The normalized spacial score (nSPS) is 11.4. The topological polar surface area (TPSA) is 106 Å². The van der Waals surface area contributed by atoms with Gasteiger partial charge in [-0.3, -0.25) is 4.57 Å². The Hall–Kier alpha value is -3.57. The summed E-state index contributed by atoms with van der Waals surface area (Å²) in [5, 5.41) is 0.692. The Bertz CT molecular complexity index is 1450. The predicted molar refractivity (Wildman–Crippen MR) is 127 cm³/mol. The van der Waals surface area contributed by atoms with Crippen molar-refractivity contribution in [1.82, 2.24) is 9.55 Å². The number of carbonyl (C=O) groups excluding carboxylic acids is 1. The van der Waals surface area contributed by atoms with Crippen molar-refractivity contribution in [3.05, 3.63) is 59.2 Å². The van der Waals surface area contributed by atoms with E-state index in [1.165, 1.54) is 30.6 Å². The number of ether oxygens (including phenoxy) is 4. The molecule has 9 nitrogen and oxygen atoms in total. The fourth-order valence-electron chi connectivity index (χ4n) is 3.33. The van der Waals surface area contributed by atoms with Gasteiger partial charge in [-0.2, -0.15) is 0 Å². The highest BCUT2D eigenvalue weighted by atomic mass is 32.2. The molecule has 0 amide bonds. The van der Waals surface area contributed by atoms with Gasteiger partial charge in [-0.25, -0.2) is 18.2 Å². The number of hydrogen-bond acceptors (Lipinski definition) is 9. The first kappa shape index (κ1) is 23.6. The lowest BCUT2D eigenvalue weighted by molar-refractivity contribution is 0.0601. The van der Waals surface area contributed by atoms with Crippen molar-refractivity contribution < 1.29 is 32.2 Å². The minimum atomic E-state index is -3.28. The lowest BCUT2D eigenvalue weighted by Crippen LogP contribution is -2.03. The van der Waals surface area contributed by atoms with Crippen LogP contribution in [0.3, 0.4) is 0 Å². The third-order valence-corrected chi connectivity index (χ3v) is 7.32. The maximum Gasteiger partial charge on any atom is 0.351 e. The van der Waals surface area contributed by atoms with Crippen LogP contribution in [-0.2, 0) is 21.2 Å². The quantitative estimate of drug-likeness (QED) is 0.334. The summed E-state index contributed by atoms with van der Waals surface area (Å²) in [7, 11) is 1.13. The number of aromatic nitrogens is 2. The third kappa shape index (κ3) is 4.57. The minimum Gasteiger partial charge on any atom is -0.493 e. The molecule has 2 heterocycles. The van der Waals surface area contributed by atoms with Gasteiger partial charge >= 0.3 is 5.97 Å². The van der Waals surface area contributed by atoms with Gasteiger partial charge in [0.05, 0.1) is 37.3 Å². The second-order valence-corrected chi connectivity index (χ2v) is 10.3. The maximum atomic E-state index is 12.4. The molecule has 0 radical (unpaired) electrons. The van der Waals surface area contributed by atoms with Crippen molar-refractivity contribution in [2.24, 2.45) is 0 Å². The maximum absolute atomic E-state index is 12.4. The molecule has 0 aliphatic heterocycles. The number of fused-ring (bicyclic) bond motifs is 1. The van der Waals surface area contributed by atoms with E-state index in [0.717, 1.165) is 17.3 Å². The van der Waals surface area contributed by atoms with Crippen LogP contribution in [0.1, 0.15) is 15.2 Å². The lowest BCUT2D eigenvalue weighted by atomic mass is 10.2. The summed E-state index contributed by atoms with van der Waals surface area (Å²) in [5.41, 5.74) is 2.21. The van der Waals surface area contributed by atoms with Crippen molar-refractivity contribution in [2.45, 2.75) is 11.5 Å². The van der Waals surface area contributed by atoms with E-state index in [1.807, 2.05) is 10.6 Å². The fraction of sp³-hybridized carbons (Fsp3) is 0.217. The van der Waals surface area contributed by atoms with E-state index in [4.69, 9.17) is 18.9 Å². The molecule has 34 heavy (non-hydrogen) atoms. The third-order valence-electron chi connectivity index (χ3n) is 5.09. The van der Waals surface area contributed by atoms with E-state index < -0.39 is 15.8 Å². The number of carbonyl (C=O) groups is 1. The van der Waals surface area contributed by atoms with Crippen LogP contribution < -0.4 is 14.2 Å². The Balaban J connectivity index is 1.67. The number of methoxy groups -OCH3 is 3. The van der Waals surface area contributed by atoms with E-state index in [-0.39, 0.29) is 11.5 Å². The molecular weight excluding hydrogens is 480 g/mol. The summed E-state index contributed by atoms with van der Waals surface area (Å²) in [6.45, 7) is 0.139. The Morgan fingerprint density at radius 1 is 1.00 bits per heavy atom. The van der Waals surface area contributed by atoms with Crippen molar-refractivity contribution in [2.75, 3.05) is 27.6 Å². The molecule has 0 saturated carbocycles. The van der Waals surface area contributed by atoms with Crippen molar-refractivity contribution in [3.8, 4) is 22.2 Å². The van der Waals surface area contributed by atoms with Gasteiger partial charge in [-0.05, 0) is 17.7 Å². The summed E-state index contributed by atoms with van der Waals surface area (Å²) in [6, 6.07) is 11.7. The summed E-state index contributed by atoms with van der Waals surface area (Å²) < 4.78 is 46.7. The van der Waals surface area contributed by atoms with Crippen LogP contribution in [0.25, 0.3) is 16.0 Å². The van der Waals surface area contributed by atoms with Gasteiger partial charge in [-0.15, -0.1) is 11.3 Å². The largest absolute Gasteiger partial charge is 0.493 e. The number of esters is 1. The number of thiophene rings is 1. The van der Waals surface area contributed by atoms with Crippen LogP contribution in [0.2, 0.25) is 0 Å². The highest BCUT2D eigenvalue weighted by Gasteiger charge is 2.21. The molecule has 0 aliphatic rings. The van der Waals surface area contributed by atoms with Gasteiger partial charge in [0.15, 0.2) is 26.2 Å². The molecule has 0 N–H and O–H groups in total. The first-order valence-electron chi connectivity index (χ1n) is 9.98. The Morgan fingerprint density at radius 2 is 1.68 bits per heavy atom. The van der Waals surface area contributed by atoms with E-state index in [1.54, 1.807) is 44.8 Å². The van der Waals surface area contributed by atoms with Crippen LogP contribution >= 0.6 is 11.3 Å². The second-order valence-electron chi connectivity index (χ2n) is 7.28. The number of imidazole rings is 1. The molecule has 0 atom stereocenters. The number of benzene rings is 2. The fourth-order valence-corrected chi connectivity index (χ4v) is 4.96. The standard InChI is InChI=1S/C23H22N2O7S2/c1-29-18-9-16-17(10-19(18)30-2)25(13-24-16)21-11-20(22(33-21)23(26)31-3)32-12-14-5-7-15(8-6-14)34(4,27)28/h5-11,13H,12H2,1-4H3. The smallest absolute Gasteiger partial charge is 0.351 e. The van der Waals surface area contributed by atoms with Crippen LogP contribution in [0.15, 0.2) is 53.7 Å². The van der Waals surface area contributed by atoms with Crippen molar-refractivity contribution in [3.63, 3.8) is 0 Å². The van der Waals surface area contributed by atoms with Crippen LogP contribution in [-0.4, -0.2) is 51.5 Å². The van der Waals surface area contributed by atoms with E-state index >= 15 is 0 Å². The van der Waals surface area contributed by atoms with Gasteiger partial charge in [0.25, 0.3) is 0 Å². The van der Waals surface area contributed by atoms with Crippen molar-refractivity contribution >= 4 is 38.2 Å². The molecule has 2 aromatic heterocycles. The molecular formula is C23H22N2O7S2. The number of hydrogen-bond donors (Lipinski definition) is 0. The molecule has 178 valence electrons. The zero-order valence-corrected chi connectivity index (χ0v) is 20.5. The molecule has 4 aromatic rings. The zero-order valence-electron chi connectivity index (χ0n) is 18.9. The van der Waals surface area contributed by atoms with Gasteiger partial charge in [0.1, 0.15) is 23.7 Å². The molecule has 0 bridgehead atoms. The van der Waals surface area contributed by atoms with E-state index in [2.05, 4.69) is 4.98 Å².